The SMILES string of the molecule is O=C(c1ccc(F)cc1)N1CCN(S(=O)(=O)c2c(Cl)cccc2Cl)CC1. The van der Waals surface area contributed by atoms with Gasteiger partial charge >= 0.3 is 0 Å². The monoisotopic (exact) mass is 416 g/mol. The first-order valence-corrected chi connectivity index (χ1v) is 9.99. The molecule has 1 amide bonds. The summed E-state index contributed by atoms with van der Waals surface area (Å²) in [7, 11) is -3.86. The van der Waals surface area contributed by atoms with Gasteiger partial charge in [-0.2, -0.15) is 4.31 Å². The van der Waals surface area contributed by atoms with Crippen LogP contribution in [0.5, 0.6) is 0 Å². The van der Waals surface area contributed by atoms with Crippen molar-refractivity contribution in [1.29, 1.82) is 0 Å². The molecule has 1 fully saturated rings. The molecule has 138 valence electrons. The van der Waals surface area contributed by atoms with Gasteiger partial charge in [-0.3, -0.25) is 4.79 Å². The lowest BCUT2D eigenvalue weighted by molar-refractivity contribution is 0.0698. The molecule has 26 heavy (non-hydrogen) atoms. The summed E-state index contributed by atoms with van der Waals surface area (Å²) >= 11 is 12.0. The Morgan fingerprint density at radius 3 is 2.00 bits per heavy atom. The Morgan fingerprint density at radius 1 is 0.923 bits per heavy atom. The highest BCUT2D eigenvalue weighted by Gasteiger charge is 2.33. The number of hydrogen-bond donors (Lipinski definition) is 0. The van der Waals surface area contributed by atoms with Crippen molar-refractivity contribution in [3.63, 3.8) is 0 Å². The van der Waals surface area contributed by atoms with E-state index in [1.54, 1.807) is 6.07 Å². The van der Waals surface area contributed by atoms with Crippen LogP contribution >= 0.6 is 23.2 Å². The molecule has 2 aromatic rings. The van der Waals surface area contributed by atoms with Crippen molar-refractivity contribution in [3.8, 4) is 0 Å². The highest BCUT2D eigenvalue weighted by molar-refractivity contribution is 7.89. The Labute approximate surface area is 161 Å². The number of hydrogen-bond acceptors (Lipinski definition) is 3. The Bertz CT molecular complexity index is 907. The second-order valence-corrected chi connectivity index (χ2v) is 8.44. The summed E-state index contributed by atoms with van der Waals surface area (Å²) in [5, 5.41) is 0.115. The van der Waals surface area contributed by atoms with E-state index in [1.165, 1.54) is 45.6 Å². The van der Waals surface area contributed by atoms with Crippen molar-refractivity contribution in [3.05, 3.63) is 63.9 Å². The van der Waals surface area contributed by atoms with Crippen molar-refractivity contribution in [2.24, 2.45) is 0 Å². The molecule has 0 spiro atoms. The smallest absolute Gasteiger partial charge is 0.253 e. The molecule has 1 saturated heterocycles. The highest BCUT2D eigenvalue weighted by atomic mass is 35.5. The van der Waals surface area contributed by atoms with Crippen molar-refractivity contribution in [1.82, 2.24) is 9.21 Å². The number of benzene rings is 2. The summed E-state index contributed by atoms with van der Waals surface area (Å²) in [5.74, 6) is -0.688. The zero-order chi connectivity index (χ0) is 18.9. The Morgan fingerprint density at radius 2 is 1.46 bits per heavy atom. The molecule has 1 aliphatic rings. The van der Waals surface area contributed by atoms with Gasteiger partial charge in [0.25, 0.3) is 5.91 Å². The van der Waals surface area contributed by atoms with Crippen molar-refractivity contribution < 1.29 is 17.6 Å². The van der Waals surface area contributed by atoms with Gasteiger partial charge in [0.05, 0.1) is 10.0 Å². The van der Waals surface area contributed by atoms with E-state index in [1.807, 2.05) is 0 Å². The molecule has 1 heterocycles. The molecule has 5 nitrogen and oxygen atoms in total. The molecule has 0 radical (unpaired) electrons. The number of halogens is 3. The average Bonchev–Trinajstić information content (AvgIpc) is 2.61. The van der Waals surface area contributed by atoms with Gasteiger partial charge in [-0.25, -0.2) is 12.8 Å². The molecule has 0 aromatic heterocycles. The zero-order valence-corrected chi connectivity index (χ0v) is 15.9. The first-order valence-electron chi connectivity index (χ1n) is 7.80. The van der Waals surface area contributed by atoms with Gasteiger partial charge in [0, 0.05) is 31.7 Å². The van der Waals surface area contributed by atoms with E-state index in [0.717, 1.165) is 0 Å². The van der Waals surface area contributed by atoms with Crippen LogP contribution in [0.2, 0.25) is 10.0 Å². The minimum Gasteiger partial charge on any atom is -0.336 e. The molecular formula is C17H15Cl2FN2O3S. The molecule has 0 N–H and O–H groups in total. The summed E-state index contributed by atoms with van der Waals surface area (Å²) in [6.07, 6.45) is 0. The standard InChI is InChI=1S/C17H15Cl2FN2O3S/c18-14-2-1-3-15(19)16(14)26(24,25)22-10-8-21(9-11-22)17(23)12-4-6-13(20)7-5-12/h1-7H,8-11H2. The van der Waals surface area contributed by atoms with E-state index in [4.69, 9.17) is 23.2 Å². The lowest BCUT2D eigenvalue weighted by atomic mass is 10.2. The van der Waals surface area contributed by atoms with E-state index in [2.05, 4.69) is 0 Å². The van der Waals surface area contributed by atoms with Crippen LogP contribution in [0, 0.1) is 5.82 Å². The molecule has 0 aliphatic carbocycles. The number of piperazine rings is 1. The van der Waals surface area contributed by atoms with E-state index >= 15 is 0 Å². The number of carbonyl (C=O) groups is 1. The fourth-order valence-corrected chi connectivity index (χ4v) is 5.28. The highest BCUT2D eigenvalue weighted by Crippen LogP contribution is 2.31. The minimum atomic E-state index is -3.86. The Balaban J connectivity index is 1.74. The zero-order valence-electron chi connectivity index (χ0n) is 13.5. The maximum Gasteiger partial charge on any atom is 0.253 e. The molecule has 0 saturated carbocycles. The second-order valence-electron chi connectivity index (χ2n) is 5.75. The maximum atomic E-state index is 13.0. The van der Waals surface area contributed by atoms with Crippen LogP contribution in [0.3, 0.4) is 0 Å². The van der Waals surface area contributed by atoms with Crippen molar-refractivity contribution >= 4 is 39.1 Å². The molecular weight excluding hydrogens is 402 g/mol. The van der Waals surface area contributed by atoms with Gasteiger partial charge < -0.3 is 4.90 Å². The Hall–Kier alpha value is -1.67. The lowest BCUT2D eigenvalue weighted by Gasteiger charge is -2.34. The maximum absolute atomic E-state index is 13.0. The van der Waals surface area contributed by atoms with Crippen molar-refractivity contribution in [2.75, 3.05) is 26.2 Å². The predicted octanol–water partition coefficient (Wildman–Crippen LogP) is 3.28. The second kappa shape index (κ2) is 7.52. The number of nitrogens with zero attached hydrogens (tertiary/aromatic N) is 2. The summed E-state index contributed by atoms with van der Waals surface area (Å²) < 4.78 is 39.9. The van der Waals surface area contributed by atoms with E-state index in [9.17, 15) is 17.6 Å². The molecule has 0 bridgehead atoms. The number of amides is 1. The summed E-state index contributed by atoms with van der Waals surface area (Å²) in [6, 6.07) is 9.75. The predicted molar refractivity (Wildman–Crippen MR) is 97.5 cm³/mol. The third-order valence-electron chi connectivity index (χ3n) is 4.13. The van der Waals surface area contributed by atoms with Crippen LogP contribution < -0.4 is 0 Å². The van der Waals surface area contributed by atoms with E-state index in [-0.39, 0.29) is 47.0 Å². The third-order valence-corrected chi connectivity index (χ3v) is 6.99. The summed E-state index contributed by atoms with van der Waals surface area (Å²) in [5.41, 5.74) is 0.358. The average molecular weight is 417 g/mol. The third kappa shape index (κ3) is 3.71. The molecule has 1 aliphatic heterocycles. The van der Waals surface area contributed by atoms with Gasteiger partial charge in [0.2, 0.25) is 10.0 Å². The fraction of sp³-hybridized carbons (Fsp3) is 0.235. The van der Waals surface area contributed by atoms with Gasteiger partial charge in [-0.1, -0.05) is 29.3 Å². The molecule has 0 atom stereocenters. The number of carbonyl (C=O) groups excluding carboxylic acids is 1. The van der Waals surface area contributed by atoms with Gasteiger partial charge in [-0.05, 0) is 36.4 Å². The van der Waals surface area contributed by atoms with Crippen LogP contribution in [-0.4, -0.2) is 49.7 Å². The first kappa shape index (κ1) is 19.1. The summed E-state index contributed by atoms with van der Waals surface area (Å²) in [4.78, 5) is 13.9. The van der Waals surface area contributed by atoms with Crippen molar-refractivity contribution in [2.45, 2.75) is 4.90 Å². The van der Waals surface area contributed by atoms with Gasteiger partial charge in [-0.15, -0.1) is 0 Å². The first-order chi connectivity index (χ1) is 12.3. The molecule has 0 unspecified atom stereocenters. The van der Waals surface area contributed by atoms with Crippen LogP contribution in [0.4, 0.5) is 4.39 Å². The number of rotatable bonds is 3. The van der Waals surface area contributed by atoms with Crippen LogP contribution in [0.25, 0.3) is 0 Å². The topological polar surface area (TPSA) is 57.7 Å². The normalized spacial score (nSPS) is 15.9. The van der Waals surface area contributed by atoms with Crippen LogP contribution in [-0.2, 0) is 10.0 Å². The molecule has 3 rings (SSSR count). The lowest BCUT2D eigenvalue weighted by Crippen LogP contribution is -2.50. The fourth-order valence-electron chi connectivity index (χ4n) is 2.76. The largest absolute Gasteiger partial charge is 0.336 e. The number of sulfonamides is 1. The van der Waals surface area contributed by atoms with Crippen LogP contribution in [0.15, 0.2) is 47.4 Å². The van der Waals surface area contributed by atoms with Crippen LogP contribution in [0.1, 0.15) is 10.4 Å². The molecule has 9 heteroatoms. The van der Waals surface area contributed by atoms with E-state index < -0.39 is 15.8 Å². The minimum absolute atomic E-state index is 0.0577. The van der Waals surface area contributed by atoms with Gasteiger partial charge in [0.1, 0.15) is 10.7 Å². The van der Waals surface area contributed by atoms with Gasteiger partial charge in [0.15, 0.2) is 0 Å². The molecule has 2 aromatic carbocycles. The summed E-state index contributed by atoms with van der Waals surface area (Å²) in [6.45, 7) is 0.683. The Kier molecular flexibility index (Phi) is 5.53. The quantitative estimate of drug-likeness (QED) is 0.771. The van der Waals surface area contributed by atoms with E-state index in [0.29, 0.717) is 5.56 Å².